The Bertz CT molecular complexity index is 389. The molecule has 0 radical (unpaired) electrons. The van der Waals surface area contributed by atoms with Gasteiger partial charge in [0.05, 0.1) is 17.8 Å². The lowest BCUT2D eigenvalue weighted by atomic mass is 9.79. The first kappa shape index (κ1) is 18.1. The fourth-order valence-electron chi connectivity index (χ4n) is 1.80. The second-order valence-corrected chi connectivity index (χ2v) is 5.95. The molecule has 2 N–H and O–H groups in total. The highest BCUT2D eigenvalue weighted by Gasteiger charge is 2.36. The third-order valence-corrected chi connectivity index (χ3v) is 3.82. The molecule has 0 spiro atoms. The largest absolute Gasteiger partial charge is 0.465 e. The average molecular weight is 294 g/mol. The Balaban J connectivity index is 4.44. The van der Waals surface area contributed by atoms with Crippen LogP contribution in [0.15, 0.2) is 12.7 Å². The van der Waals surface area contributed by atoms with Crippen molar-refractivity contribution in [2.24, 2.45) is 5.41 Å². The summed E-state index contributed by atoms with van der Waals surface area (Å²) in [5.74, 6) is -0.916. The highest BCUT2D eigenvalue weighted by molar-refractivity contribution is 7.85. The van der Waals surface area contributed by atoms with E-state index < -0.39 is 27.3 Å². The molecule has 0 saturated carbocycles. The van der Waals surface area contributed by atoms with Crippen LogP contribution in [0.4, 0.5) is 0 Å². The maximum atomic E-state index is 12.0. The third kappa shape index (κ3) is 6.70. The van der Waals surface area contributed by atoms with Gasteiger partial charge in [0.1, 0.15) is 0 Å². The minimum atomic E-state index is -4.03. The molecule has 0 aromatic carbocycles. The number of hydrogen-bond acceptors (Lipinski definition) is 5. The summed E-state index contributed by atoms with van der Waals surface area (Å²) >= 11 is 0. The van der Waals surface area contributed by atoms with Gasteiger partial charge < -0.3 is 9.84 Å². The number of esters is 1. The van der Waals surface area contributed by atoms with Crippen LogP contribution in [0.5, 0.6) is 0 Å². The van der Waals surface area contributed by atoms with Crippen LogP contribution in [-0.2, 0) is 19.6 Å². The molecule has 0 aliphatic carbocycles. The van der Waals surface area contributed by atoms with Gasteiger partial charge in [-0.05, 0) is 25.7 Å². The molecule has 1 unspecified atom stereocenters. The van der Waals surface area contributed by atoms with Crippen molar-refractivity contribution >= 4 is 16.1 Å². The van der Waals surface area contributed by atoms with Gasteiger partial charge in [-0.25, -0.2) is 0 Å². The lowest BCUT2D eigenvalue weighted by Crippen LogP contribution is -2.33. The Morgan fingerprint density at radius 2 is 2.11 bits per heavy atom. The molecule has 112 valence electrons. The Labute approximate surface area is 114 Å². The van der Waals surface area contributed by atoms with E-state index in [1.54, 1.807) is 6.08 Å². The molecule has 0 amide bonds. The number of ether oxygens (including phenoxy) is 1. The quantitative estimate of drug-likeness (QED) is 0.271. The number of aliphatic hydroxyl groups excluding tert-OH is 1. The number of aliphatic hydroxyl groups is 1. The summed E-state index contributed by atoms with van der Waals surface area (Å²) in [7, 11) is -4.03. The Morgan fingerprint density at radius 3 is 2.53 bits per heavy atom. The zero-order valence-electron chi connectivity index (χ0n) is 11.2. The second-order valence-electron chi connectivity index (χ2n) is 4.38. The normalized spacial score (nSPS) is 14.7. The topological polar surface area (TPSA) is 101 Å². The van der Waals surface area contributed by atoms with Gasteiger partial charge in [0, 0.05) is 6.61 Å². The molecule has 0 rings (SSSR count). The van der Waals surface area contributed by atoms with Gasteiger partial charge in [0.15, 0.2) is 0 Å². The van der Waals surface area contributed by atoms with E-state index in [1.165, 1.54) is 0 Å². The summed E-state index contributed by atoms with van der Waals surface area (Å²) in [5, 5.41) is 9.03. The lowest BCUT2D eigenvalue weighted by Gasteiger charge is -2.28. The van der Waals surface area contributed by atoms with Crippen LogP contribution in [0, 0.1) is 5.41 Å². The maximum Gasteiger partial charge on any atom is 0.312 e. The zero-order valence-corrected chi connectivity index (χ0v) is 12.0. The van der Waals surface area contributed by atoms with Gasteiger partial charge in [0.25, 0.3) is 10.1 Å². The summed E-state index contributed by atoms with van der Waals surface area (Å²) in [4.78, 5) is 12.0. The van der Waals surface area contributed by atoms with E-state index in [9.17, 15) is 13.2 Å². The Kier molecular flexibility index (Phi) is 7.89. The molecular formula is C12H22O6S. The zero-order chi connectivity index (χ0) is 14.9. The molecule has 0 aliphatic rings. The van der Waals surface area contributed by atoms with E-state index in [1.807, 2.05) is 6.92 Å². The first-order valence-corrected chi connectivity index (χ1v) is 7.76. The summed E-state index contributed by atoms with van der Waals surface area (Å²) in [5.41, 5.74) is -0.811. The highest BCUT2D eigenvalue weighted by Crippen LogP contribution is 2.32. The molecule has 0 heterocycles. The summed E-state index contributed by atoms with van der Waals surface area (Å²) in [6, 6.07) is 0. The maximum absolute atomic E-state index is 12.0. The van der Waals surface area contributed by atoms with Crippen LogP contribution in [0.3, 0.4) is 0 Å². The molecule has 6 nitrogen and oxygen atoms in total. The molecule has 0 aromatic rings. The summed E-state index contributed by atoms with van der Waals surface area (Å²) in [6.07, 6.45) is 2.79. The molecule has 0 saturated heterocycles. The van der Waals surface area contributed by atoms with E-state index in [0.717, 1.165) is 0 Å². The smallest absolute Gasteiger partial charge is 0.312 e. The summed E-state index contributed by atoms with van der Waals surface area (Å²) in [6.45, 7) is 5.19. The van der Waals surface area contributed by atoms with Gasteiger partial charge in [-0.1, -0.05) is 13.0 Å². The molecule has 19 heavy (non-hydrogen) atoms. The first-order valence-electron chi connectivity index (χ1n) is 6.15. The van der Waals surface area contributed by atoms with Crippen LogP contribution in [-0.4, -0.2) is 43.0 Å². The van der Waals surface area contributed by atoms with Crippen LogP contribution in [0.1, 0.15) is 32.6 Å². The predicted molar refractivity (Wildman–Crippen MR) is 71.2 cm³/mol. The van der Waals surface area contributed by atoms with Crippen molar-refractivity contribution in [3.63, 3.8) is 0 Å². The van der Waals surface area contributed by atoms with E-state index >= 15 is 0 Å². The minimum Gasteiger partial charge on any atom is -0.465 e. The molecule has 7 heteroatoms. The van der Waals surface area contributed by atoms with E-state index in [-0.39, 0.29) is 26.1 Å². The average Bonchev–Trinajstić information content (AvgIpc) is 2.32. The van der Waals surface area contributed by atoms with Crippen LogP contribution in [0.25, 0.3) is 0 Å². The Hall–Kier alpha value is -0.920. The van der Waals surface area contributed by atoms with Gasteiger partial charge in [0.2, 0.25) is 0 Å². The monoisotopic (exact) mass is 294 g/mol. The van der Waals surface area contributed by atoms with Gasteiger partial charge in [-0.15, -0.1) is 6.58 Å². The number of carbonyl (C=O) groups is 1. The molecule has 0 fully saturated rings. The SMILES string of the molecule is C=CCC(CC)(CCO)C(=O)OCCCS(=O)(=O)O. The van der Waals surface area contributed by atoms with E-state index in [4.69, 9.17) is 14.4 Å². The van der Waals surface area contributed by atoms with Gasteiger partial charge in [-0.3, -0.25) is 9.35 Å². The first-order chi connectivity index (χ1) is 8.81. The van der Waals surface area contributed by atoms with E-state index in [0.29, 0.717) is 12.8 Å². The second kappa shape index (κ2) is 8.29. The predicted octanol–water partition coefficient (Wildman–Crippen LogP) is 1.16. The van der Waals surface area contributed by atoms with Crippen molar-refractivity contribution in [3.8, 4) is 0 Å². The van der Waals surface area contributed by atoms with Crippen molar-refractivity contribution in [3.05, 3.63) is 12.7 Å². The number of hydrogen-bond donors (Lipinski definition) is 2. The summed E-state index contributed by atoms with van der Waals surface area (Å²) < 4.78 is 34.6. The van der Waals surface area contributed by atoms with Gasteiger partial charge in [-0.2, -0.15) is 8.42 Å². The fraction of sp³-hybridized carbons (Fsp3) is 0.750. The number of allylic oxidation sites excluding steroid dienone is 1. The van der Waals surface area contributed by atoms with Gasteiger partial charge >= 0.3 is 5.97 Å². The van der Waals surface area contributed by atoms with Crippen molar-refractivity contribution in [1.82, 2.24) is 0 Å². The lowest BCUT2D eigenvalue weighted by molar-refractivity contribution is -0.157. The minimum absolute atomic E-state index is 0.0393. The van der Waals surface area contributed by atoms with Crippen molar-refractivity contribution in [1.29, 1.82) is 0 Å². The molecule has 0 aliphatic heterocycles. The molecule has 0 bridgehead atoms. The van der Waals surface area contributed by atoms with Crippen LogP contribution in [0.2, 0.25) is 0 Å². The molecule has 0 aromatic heterocycles. The van der Waals surface area contributed by atoms with Crippen molar-refractivity contribution in [2.45, 2.75) is 32.6 Å². The fourth-order valence-corrected chi connectivity index (χ4v) is 2.29. The van der Waals surface area contributed by atoms with Crippen molar-refractivity contribution < 1.29 is 27.6 Å². The standard InChI is InChI=1S/C12H22O6S/c1-3-6-12(4-2,7-8-13)11(14)18-9-5-10-19(15,16)17/h3,13H,1,4-10H2,2H3,(H,15,16,17). The number of carbonyl (C=O) groups excluding carboxylic acids is 1. The van der Waals surface area contributed by atoms with E-state index in [2.05, 4.69) is 6.58 Å². The molecule has 1 atom stereocenters. The van der Waals surface area contributed by atoms with Crippen LogP contribution < -0.4 is 0 Å². The molecular weight excluding hydrogens is 272 g/mol. The number of rotatable bonds is 10. The van der Waals surface area contributed by atoms with Crippen LogP contribution >= 0.6 is 0 Å². The third-order valence-electron chi connectivity index (χ3n) is 3.02. The Morgan fingerprint density at radius 1 is 1.47 bits per heavy atom. The highest BCUT2D eigenvalue weighted by atomic mass is 32.2. The van der Waals surface area contributed by atoms with Crippen molar-refractivity contribution in [2.75, 3.05) is 19.0 Å².